The molecule has 1 heterocycles. The second kappa shape index (κ2) is 11.0. The van der Waals surface area contributed by atoms with Crippen molar-refractivity contribution in [2.24, 2.45) is 0 Å². The van der Waals surface area contributed by atoms with Gasteiger partial charge in [-0.3, -0.25) is 4.98 Å². The fraction of sp³-hybridized carbons (Fsp3) is 0.259. The SMILES string of the molecule is CCOC(=O)c1cc(C2=C(c3cc(Br)ccc3OCc3ccc(Cl)cc3)CCC2)cnc1C(F)(F)F. The van der Waals surface area contributed by atoms with Crippen molar-refractivity contribution in [2.75, 3.05) is 6.61 Å². The molecule has 0 unspecified atom stereocenters. The molecule has 2 aromatic carbocycles. The lowest BCUT2D eigenvalue weighted by Gasteiger charge is -2.16. The summed E-state index contributed by atoms with van der Waals surface area (Å²) in [6, 6.07) is 14.2. The van der Waals surface area contributed by atoms with Gasteiger partial charge in [-0.15, -0.1) is 0 Å². The Kier molecular flexibility index (Phi) is 8.05. The molecule has 36 heavy (non-hydrogen) atoms. The number of alkyl halides is 3. The van der Waals surface area contributed by atoms with Crippen LogP contribution in [-0.4, -0.2) is 17.6 Å². The quantitative estimate of drug-likeness (QED) is 0.264. The Bertz CT molecular complexity index is 1310. The maximum atomic E-state index is 13.5. The van der Waals surface area contributed by atoms with Crippen LogP contribution >= 0.6 is 27.5 Å². The molecule has 0 saturated heterocycles. The molecule has 1 aromatic heterocycles. The van der Waals surface area contributed by atoms with E-state index in [-0.39, 0.29) is 6.61 Å². The standard InChI is InChI=1S/C27H22BrClF3NO3/c1-2-35-26(34)23-12-17(14-33-25(23)27(30,31)32)20-4-3-5-21(20)22-13-18(28)8-11-24(22)36-15-16-6-9-19(29)10-7-16/h6-14H,2-5,15H2,1H3. The second-order valence-corrected chi connectivity index (χ2v) is 9.56. The van der Waals surface area contributed by atoms with Crippen LogP contribution in [0.2, 0.25) is 5.02 Å². The Balaban J connectivity index is 1.75. The lowest BCUT2D eigenvalue weighted by Crippen LogP contribution is -2.17. The maximum absolute atomic E-state index is 13.5. The molecule has 0 fully saturated rings. The van der Waals surface area contributed by atoms with Crippen molar-refractivity contribution in [1.29, 1.82) is 0 Å². The highest BCUT2D eigenvalue weighted by Gasteiger charge is 2.38. The smallest absolute Gasteiger partial charge is 0.434 e. The van der Waals surface area contributed by atoms with E-state index in [0.29, 0.717) is 35.8 Å². The maximum Gasteiger partial charge on any atom is 0.434 e. The third-order valence-electron chi connectivity index (χ3n) is 5.79. The van der Waals surface area contributed by atoms with Crippen LogP contribution in [0.5, 0.6) is 5.75 Å². The minimum absolute atomic E-state index is 0.0410. The molecule has 0 saturated carbocycles. The van der Waals surface area contributed by atoms with Crippen LogP contribution in [0.15, 0.2) is 59.2 Å². The molecule has 0 bridgehead atoms. The molecular formula is C27H22BrClF3NO3. The molecule has 3 aromatic rings. The zero-order chi connectivity index (χ0) is 25.9. The van der Waals surface area contributed by atoms with Gasteiger partial charge in [0.1, 0.15) is 12.4 Å². The Morgan fingerprint density at radius 2 is 1.81 bits per heavy atom. The third kappa shape index (κ3) is 5.93. The lowest BCUT2D eigenvalue weighted by molar-refractivity contribution is -0.141. The molecule has 1 aliphatic rings. The summed E-state index contributed by atoms with van der Waals surface area (Å²) in [6.45, 7) is 1.82. The normalized spacial score (nSPS) is 13.7. The first-order valence-electron chi connectivity index (χ1n) is 11.3. The summed E-state index contributed by atoms with van der Waals surface area (Å²) < 4.78 is 52.5. The first-order chi connectivity index (χ1) is 17.2. The number of hydrogen-bond acceptors (Lipinski definition) is 4. The number of pyridine rings is 1. The second-order valence-electron chi connectivity index (χ2n) is 8.20. The minimum Gasteiger partial charge on any atom is -0.488 e. The number of ether oxygens (including phenoxy) is 2. The largest absolute Gasteiger partial charge is 0.488 e. The topological polar surface area (TPSA) is 48.4 Å². The van der Waals surface area contributed by atoms with Gasteiger partial charge >= 0.3 is 12.1 Å². The van der Waals surface area contributed by atoms with Gasteiger partial charge in [0, 0.05) is 21.3 Å². The molecule has 0 aliphatic heterocycles. The Labute approximate surface area is 220 Å². The number of nitrogens with zero attached hydrogens (tertiary/aromatic N) is 1. The van der Waals surface area contributed by atoms with Crippen LogP contribution in [0, 0.1) is 0 Å². The van der Waals surface area contributed by atoms with Crippen molar-refractivity contribution in [3.63, 3.8) is 0 Å². The van der Waals surface area contributed by atoms with Crippen molar-refractivity contribution < 1.29 is 27.4 Å². The average molecular weight is 581 g/mol. The van der Waals surface area contributed by atoms with E-state index in [1.54, 1.807) is 19.1 Å². The van der Waals surface area contributed by atoms with Crippen molar-refractivity contribution in [1.82, 2.24) is 4.98 Å². The number of aromatic nitrogens is 1. The fourth-order valence-electron chi connectivity index (χ4n) is 4.19. The Hall–Kier alpha value is -2.84. The summed E-state index contributed by atoms with van der Waals surface area (Å²) in [6.07, 6.45) is -1.45. The number of hydrogen-bond donors (Lipinski definition) is 0. The first kappa shape index (κ1) is 26.2. The molecule has 0 N–H and O–H groups in total. The van der Waals surface area contributed by atoms with Crippen LogP contribution in [0.25, 0.3) is 11.1 Å². The third-order valence-corrected chi connectivity index (χ3v) is 6.54. The number of benzene rings is 2. The van der Waals surface area contributed by atoms with Gasteiger partial charge < -0.3 is 9.47 Å². The van der Waals surface area contributed by atoms with E-state index < -0.39 is 23.4 Å². The molecule has 188 valence electrons. The number of esters is 1. The van der Waals surface area contributed by atoms with Gasteiger partial charge in [0.15, 0.2) is 5.69 Å². The summed E-state index contributed by atoms with van der Waals surface area (Å²) in [5, 5.41) is 0.635. The van der Waals surface area contributed by atoms with Gasteiger partial charge in [0.2, 0.25) is 0 Å². The van der Waals surface area contributed by atoms with Gasteiger partial charge in [-0.05, 0) is 84.9 Å². The van der Waals surface area contributed by atoms with E-state index in [2.05, 4.69) is 20.9 Å². The predicted octanol–water partition coefficient (Wildman–Crippen LogP) is 8.37. The van der Waals surface area contributed by atoms with Crippen LogP contribution in [-0.2, 0) is 17.5 Å². The summed E-state index contributed by atoms with van der Waals surface area (Å²) >= 11 is 9.48. The van der Waals surface area contributed by atoms with E-state index in [0.717, 1.165) is 33.2 Å². The lowest BCUT2D eigenvalue weighted by atomic mass is 9.96. The first-order valence-corrected chi connectivity index (χ1v) is 12.5. The summed E-state index contributed by atoms with van der Waals surface area (Å²) in [5.41, 5.74) is 2.17. The molecular weight excluding hydrogens is 559 g/mol. The summed E-state index contributed by atoms with van der Waals surface area (Å²) in [5.74, 6) is -0.401. The molecule has 0 atom stereocenters. The van der Waals surface area contributed by atoms with E-state index in [1.807, 2.05) is 30.3 Å². The zero-order valence-electron chi connectivity index (χ0n) is 19.3. The van der Waals surface area contributed by atoms with E-state index in [4.69, 9.17) is 21.1 Å². The van der Waals surface area contributed by atoms with Crippen molar-refractivity contribution in [3.05, 3.63) is 92.2 Å². The predicted molar refractivity (Wildman–Crippen MR) is 136 cm³/mol. The van der Waals surface area contributed by atoms with Gasteiger partial charge in [-0.2, -0.15) is 13.2 Å². The summed E-state index contributed by atoms with van der Waals surface area (Å²) in [4.78, 5) is 16.0. The molecule has 4 rings (SSSR count). The highest BCUT2D eigenvalue weighted by Crippen LogP contribution is 2.44. The molecule has 0 amide bonds. The number of rotatable bonds is 7. The molecule has 1 aliphatic carbocycles. The van der Waals surface area contributed by atoms with Crippen LogP contribution in [0.1, 0.15) is 58.9 Å². The van der Waals surface area contributed by atoms with Gasteiger partial charge in [-0.25, -0.2) is 4.79 Å². The Morgan fingerprint density at radius 3 is 2.50 bits per heavy atom. The van der Waals surface area contributed by atoms with E-state index in [9.17, 15) is 18.0 Å². The fourth-order valence-corrected chi connectivity index (χ4v) is 4.67. The van der Waals surface area contributed by atoms with Crippen LogP contribution < -0.4 is 4.74 Å². The molecule has 4 nitrogen and oxygen atoms in total. The van der Waals surface area contributed by atoms with E-state index in [1.165, 1.54) is 12.3 Å². The van der Waals surface area contributed by atoms with Crippen molar-refractivity contribution >= 4 is 44.6 Å². The number of halogens is 5. The number of carbonyl (C=O) groups excluding carboxylic acids is 1. The average Bonchev–Trinajstić information content (AvgIpc) is 3.33. The Morgan fingerprint density at radius 1 is 1.08 bits per heavy atom. The minimum atomic E-state index is -4.78. The highest BCUT2D eigenvalue weighted by atomic mass is 79.9. The number of allylic oxidation sites excluding steroid dienone is 2. The van der Waals surface area contributed by atoms with Gasteiger partial charge in [0.05, 0.1) is 12.2 Å². The summed E-state index contributed by atoms with van der Waals surface area (Å²) in [7, 11) is 0. The van der Waals surface area contributed by atoms with Crippen molar-refractivity contribution in [2.45, 2.75) is 39.0 Å². The van der Waals surface area contributed by atoms with E-state index >= 15 is 0 Å². The zero-order valence-corrected chi connectivity index (χ0v) is 21.6. The highest BCUT2D eigenvalue weighted by molar-refractivity contribution is 9.10. The van der Waals surface area contributed by atoms with Crippen molar-refractivity contribution in [3.8, 4) is 5.75 Å². The van der Waals surface area contributed by atoms with Crippen LogP contribution in [0.4, 0.5) is 13.2 Å². The van der Waals surface area contributed by atoms with Gasteiger partial charge in [-0.1, -0.05) is 39.7 Å². The van der Waals surface area contributed by atoms with Crippen LogP contribution in [0.3, 0.4) is 0 Å². The molecule has 0 radical (unpaired) electrons. The number of carbonyl (C=O) groups is 1. The monoisotopic (exact) mass is 579 g/mol. The molecule has 9 heteroatoms. The molecule has 0 spiro atoms. The van der Waals surface area contributed by atoms with Gasteiger partial charge in [0.25, 0.3) is 0 Å².